The van der Waals surface area contributed by atoms with E-state index in [0.717, 1.165) is 19.3 Å². The monoisotopic (exact) mass is 617 g/mol. The molecule has 0 radical (unpaired) electrons. The first-order valence-corrected chi connectivity index (χ1v) is 14.6. The van der Waals surface area contributed by atoms with E-state index in [9.17, 15) is 24.6 Å². The molecular weight excluding hydrogens is 570 g/mol. The zero-order valence-corrected chi connectivity index (χ0v) is 24.9. The van der Waals surface area contributed by atoms with Crippen molar-refractivity contribution in [2.24, 2.45) is 28.3 Å². The lowest BCUT2D eigenvalue weighted by atomic mass is 9.87. The van der Waals surface area contributed by atoms with E-state index in [1.54, 1.807) is 6.92 Å². The zero-order valence-electron chi connectivity index (χ0n) is 24.9. The number of carbonyl (C=O) groups is 3. The van der Waals surface area contributed by atoms with Crippen LogP contribution >= 0.6 is 0 Å². The van der Waals surface area contributed by atoms with Crippen LogP contribution in [-0.4, -0.2) is 124 Å². The summed E-state index contributed by atoms with van der Waals surface area (Å²) in [5.74, 6) is -3.10. The summed E-state index contributed by atoms with van der Waals surface area (Å²) in [6.07, 6.45) is -1.16. The van der Waals surface area contributed by atoms with Crippen molar-refractivity contribution in [3.05, 3.63) is 11.8 Å². The normalized spacial score (nSPS) is 21.1. The number of amides is 2. The Balaban J connectivity index is 1.83. The zero-order chi connectivity index (χ0) is 31.6. The molecule has 16 heteroatoms. The van der Waals surface area contributed by atoms with E-state index < -0.39 is 48.1 Å². The molecule has 1 aliphatic heterocycles. The van der Waals surface area contributed by atoms with Crippen molar-refractivity contribution in [1.82, 2.24) is 10.6 Å². The Hall–Kier alpha value is -3.18. The van der Waals surface area contributed by atoms with Gasteiger partial charge in [-0.3, -0.25) is 4.79 Å². The third-order valence-corrected chi connectivity index (χ3v) is 6.51. The summed E-state index contributed by atoms with van der Waals surface area (Å²) in [5.41, 5.74) is 11.0. The molecular formula is C27H47N5O11. The number of carbonyl (C=O) groups excluding carboxylic acids is 2. The second-order valence-electron chi connectivity index (χ2n) is 10.2. The van der Waals surface area contributed by atoms with Crippen LogP contribution < -0.4 is 22.1 Å². The van der Waals surface area contributed by atoms with Crippen LogP contribution in [0.5, 0.6) is 0 Å². The van der Waals surface area contributed by atoms with Gasteiger partial charge < -0.3 is 60.7 Å². The largest absolute Gasteiger partial charge is 0.479 e. The molecule has 2 amide bonds. The quantitative estimate of drug-likeness (QED) is 0.0491. The number of aliphatic hydroxyl groups is 1. The van der Waals surface area contributed by atoms with Gasteiger partial charge in [0.05, 0.1) is 52.3 Å². The molecule has 5 atom stereocenters. The molecule has 0 aromatic carbocycles. The summed E-state index contributed by atoms with van der Waals surface area (Å²) >= 11 is 0. The minimum Gasteiger partial charge on any atom is -0.479 e. The van der Waals surface area contributed by atoms with E-state index in [-0.39, 0.29) is 37.5 Å². The molecule has 0 spiro atoms. The molecule has 1 fully saturated rings. The van der Waals surface area contributed by atoms with Crippen LogP contribution in [0.1, 0.15) is 33.1 Å². The smallest absolute Gasteiger partial charge is 0.407 e. The number of rotatable bonds is 22. The number of nitrogens with one attached hydrogen (secondary N) is 2. The molecule has 0 unspecified atom stereocenters. The summed E-state index contributed by atoms with van der Waals surface area (Å²) < 4.78 is 32.7. The third kappa shape index (κ3) is 14.2. The average Bonchev–Trinajstić information content (AvgIpc) is 3.81. The topological polar surface area (TPSA) is 236 Å². The van der Waals surface area contributed by atoms with Gasteiger partial charge in [-0.1, -0.05) is 13.8 Å². The fraction of sp³-hybridized carbons (Fsp3) is 0.778. The van der Waals surface area contributed by atoms with Gasteiger partial charge >= 0.3 is 12.1 Å². The molecule has 43 heavy (non-hydrogen) atoms. The molecule has 246 valence electrons. The van der Waals surface area contributed by atoms with Gasteiger partial charge in [0, 0.05) is 31.5 Å². The molecule has 0 bridgehead atoms. The molecule has 0 aromatic heterocycles. The Morgan fingerprint density at radius 3 is 2.12 bits per heavy atom. The van der Waals surface area contributed by atoms with Gasteiger partial charge in [-0.25, -0.2) is 14.6 Å². The van der Waals surface area contributed by atoms with Gasteiger partial charge in [-0.2, -0.15) is 0 Å². The number of hydrogen-bond donors (Lipinski definition) is 6. The molecule has 1 aliphatic carbocycles. The molecule has 2 aliphatic rings. The number of nitrogens with two attached hydrogens (primary N) is 2. The summed E-state index contributed by atoms with van der Waals surface area (Å²) in [4.78, 5) is 40.6. The number of hydrogen-bond acceptors (Lipinski definition) is 11. The molecule has 1 saturated carbocycles. The lowest BCUT2D eigenvalue weighted by Gasteiger charge is -2.38. The molecule has 16 nitrogen and oxygen atoms in total. The third-order valence-electron chi connectivity index (χ3n) is 6.51. The number of ether oxygens (including phenoxy) is 6. The first-order chi connectivity index (χ1) is 20.6. The SMILES string of the molecule is CCCOCCOCCOCCOCCNC(=O)O[C@@H]([C@@H]1OC(C(=O)O)=C[C@H](N=C(N)N)[C@H]1C)[C@H](O)CNC(=O)C1CC1. The molecule has 2 rings (SSSR count). The van der Waals surface area contributed by atoms with E-state index >= 15 is 0 Å². The Kier molecular flexibility index (Phi) is 16.7. The van der Waals surface area contributed by atoms with Crippen LogP contribution in [0.3, 0.4) is 0 Å². The minimum atomic E-state index is -1.44. The highest BCUT2D eigenvalue weighted by molar-refractivity contribution is 5.85. The second-order valence-corrected chi connectivity index (χ2v) is 10.2. The fourth-order valence-corrected chi connectivity index (χ4v) is 4.08. The van der Waals surface area contributed by atoms with Gasteiger partial charge in [0.15, 0.2) is 12.1 Å². The van der Waals surface area contributed by atoms with E-state index in [4.69, 9.17) is 39.9 Å². The first kappa shape index (κ1) is 36.0. The molecule has 0 saturated heterocycles. The maximum absolute atomic E-state index is 12.7. The van der Waals surface area contributed by atoms with E-state index in [2.05, 4.69) is 15.6 Å². The summed E-state index contributed by atoms with van der Waals surface area (Å²) in [6.45, 7) is 6.95. The number of aliphatic carboxylic acids is 1. The van der Waals surface area contributed by atoms with Crippen LogP contribution in [0.2, 0.25) is 0 Å². The summed E-state index contributed by atoms with van der Waals surface area (Å²) in [7, 11) is 0. The number of aliphatic imine (C=N–C) groups is 1. The van der Waals surface area contributed by atoms with Gasteiger partial charge in [0.1, 0.15) is 12.2 Å². The summed E-state index contributed by atoms with van der Waals surface area (Å²) in [5, 5.41) is 25.7. The van der Waals surface area contributed by atoms with Gasteiger partial charge in [-0.05, 0) is 25.3 Å². The van der Waals surface area contributed by atoms with Crippen LogP contribution in [0.25, 0.3) is 0 Å². The van der Waals surface area contributed by atoms with Crippen molar-refractivity contribution in [3.8, 4) is 0 Å². The predicted octanol–water partition coefficient (Wildman–Crippen LogP) is -0.910. The predicted molar refractivity (Wildman–Crippen MR) is 153 cm³/mol. The molecule has 0 aromatic rings. The maximum atomic E-state index is 12.7. The number of carboxylic acids is 1. The van der Waals surface area contributed by atoms with Gasteiger partial charge in [-0.15, -0.1) is 0 Å². The van der Waals surface area contributed by atoms with E-state index in [1.165, 1.54) is 6.08 Å². The highest BCUT2D eigenvalue weighted by atomic mass is 16.6. The van der Waals surface area contributed by atoms with Gasteiger partial charge in [0.2, 0.25) is 11.7 Å². The lowest BCUT2D eigenvalue weighted by molar-refractivity contribution is -0.145. The summed E-state index contributed by atoms with van der Waals surface area (Å²) in [6, 6.07) is -0.834. The fourth-order valence-electron chi connectivity index (χ4n) is 4.08. The second kappa shape index (κ2) is 19.9. The van der Waals surface area contributed by atoms with Crippen LogP contribution in [0.15, 0.2) is 16.8 Å². The van der Waals surface area contributed by atoms with E-state index in [1.807, 2.05) is 6.92 Å². The van der Waals surface area contributed by atoms with Crippen LogP contribution in [-0.2, 0) is 38.0 Å². The standard InChI is InChI=1S/C27H47N5O11/c1-3-7-38-9-11-40-13-14-41-12-10-39-8-6-30-27(37)43-23(20(33)16-31-24(34)18-4-5-18)22-17(2)19(32-26(28)29)15-21(42-22)25(35)36/h15,17-20,22-23,33H,3-14,16H2,1-2H3,(H,30,37)(H,31,34)(H,35,36)(H4,28,29,32)/t17-,19+,20-,22-,23-/m1/s1. The van der Waals surface area contributed by atoms with Crippen LogP contribution in [0.4, 0.5) is 4.79 Å². The maximum Gasteiger partial charge on any atom is 0.407 e. The van der Waals surface area contributed by atoms with Crippen molar-refractivity contribution in [1.29, 1.82) is 0 Å². The minimum absolute atomic E-state index is 0.0823. The van der Waals surface area contributed by atoms with Gasteiger partial charge in [0.25, 0.3) is 0 Å². The Morgan fingerprint density at radius 1 is 1.00 bits per heavy atom. The Bertz CT molecular complexity index is 927. The van der Waals surface area contributed by atoms with Crippen molar-refractivity contribution in [2.45, 2.75) is 57.5 Å². The van der Waals surface area contributed by atoms with Crippen molar-refractivity contribution < 1.29 is 53.0 Å². The van der Waals surface area contributed by atoms with E-state index in [0.29, 0.717) is 46.2 Å². The van der Waals surface area contributed by atoms with Crippen molar-refractivity contribution >= 4 is 23.9 Å². The first-order valence-electron chi connectivity index (χ1n) is 14.6. The highest BCUT2D eigenvalue weighted by Gasteiger charge is 2.44. The number of nitrogens with zero attached hydrogens (tertiary/aromatic N) is 1. The Labute approximate surface area is 251 Å². The lowest BCUT2D eigenvalue weighted by Crippen LogP contribution is -2.54. The number of guanidine groups is 1. The highest BCUT2D eigenvalue weighted by Crippen LogP contribution is 2.31. The van der Waals surface area contributed by atoms with Crippen molar-refractivity contribution in [2.75, 3.05) is 65.9 Å². The molecule has 8 N–H and O–H groups in total. The molecule has 1 heterocycles. The average molecular weight is 618 g/mol. The van der Waals surface area contributed by atoms with Crippen molar-refractivity contribution in [3.63, 3.8) is 0 Å². The van der Waals surface area contributed by atoms with Crippen LogP contribution in [0, 0.1) is 11.8 Å². The number of alkyl carbamates (subject to hydrolysis) is 1. The number of aliphatic hydroxyl groups excluding tert-OH is 1. The number of carboxylic acid groups (broad SMARTS) is 1. The Morgan fingerprint density at radius 2 is 1.58 bits per heavy atom.